The molecule has 0 aromatic heterocycles. The summed E-state index contributed by atoms with van der Waals surface area (Å²) in [7, 11) is 1.65. The van der Waals surface area contributed by atoms with Gasteiger partial charge >= 0.3 is 0 Å². The summed E-state index contributed by atoms with van der Waals surface area (Å²) >= 11 is 0. The second kappa shape index (κ2) is 12.1. The lowest BCUT2D eigenvalue weighted by Crippen LogP contribution is -2.51. The molecule has 31 heavy (non-hydrogen) atoms. The van der Waals surface area contributed by atoms with E-state index in [0.717, 1.165) is 50.5 Å². The number of carbonyl (C=O) groups excluding carboxylic acids is 1. The van der Waals surface area contributed by atoms with Crippen LogP contribution in [0.2, 0.25) is 0 Å². The Labute approximate surface area is 186 Å². The molecule has 1 aliphatic rings. The first-order chi connectivity index (χ1) is 15.2. The summed E-state index contributed by atoms with van der Waals surface area (Å²) in [6.45, 7) is 6.75. The van der Waals surface area contributed by atoms with Crippen LogP contribution in [0, 0.1) is 0 Å². The van der Waals surface area contributed by atoms with Crippen LogP contribution < -0.4 is 16.0 Å². The van der Waals surface area contributed by atoms with Gasteiger partial charge in [-0.05, 0) is 56.0 Å². The number of nitrogens with one attached hydrogen (secondary N) is 3. The number of guanidine groups is 1. The number of carbonyl (C=O) groups is 1. The predicted octanol–water partition coefficient (Wildman–Crippen LogP) is 2.81. The molecule has 1 atom stereocenters. The largest absolute Gasteiger partial charge is 0.357 e. The maximum atomic E-state index is 11.8. The summed E-state index contributed by atoms with van der Waals surface area (Å²) in [5.41, 5.74) is 3.17. The van der Waals surface area contributed by atoms with E-state index in [1.165, 1.54) is 12.0 Å². The number of amides is 1. The Kier molecular flexibility index (Phi) is 8.91. The van der Waals surface area contributed by atoms with E-state index in [9.17, 15) is 4.79 Å². The molecule has 0 bridgehead atoms. The number of hydrogen-bond donors (Lipinski definition) is 3. The third kappa shape index (κ3) is 7.40. The van der Waals surface area contributed by atoms with Crippen LogP contribution in [0.4, 0.5) is 0 Å². The summed E-state index contributed by atoms with van der Waals surface area (Å²) in [5.74, 6) is 0.814. The van der Waals surface area contributed by atoms with E-state index in [1.807, 2.05) is 24.3 Å². The fourth-order valence-electron chi connectivity index (χ4n) is 3.98. The number of aliphatic imine (C=N–C) groups is 1. The lowest BCUT2D eigenvalue weighted by molar-refractivity contribution is 0.0963. The topological polar surface area (TPSA) is 68.8 Å². The van der Waals surface area contributed by atoms with Crippen molar-refractivity contribution in [2.75, 3.05) is 33.2 Å². The minimum Gasteiger partial charge on any atom is -0.357 e. The van der Waals surface area contributed by atoms with Crippen molar-refractivity contribution in [3.8, 4) is 0 Å². The van der Waals surface area contributed by atoms with E-state index in [2.05, 4.69) is 58.1 Å². The van der Waals surface area contributed by atoms with Gasteiger partial charge in [0.15, 0.2) is 5.96 Å². The van der Waals surface area contributed by atoms with Crippen LogP contribution in [0.5, 0.6) is 0 Å². The Morgan fingerprint density at radius 1 is 1.13 bits per heavy atom. The van der Waals surface area contributed by atoms with Crippen molar-refractivity contribution in [3.05, 3.63) is 71.3 Å². The van der Waals surface area contributed by atoms with Crippen LogP contribution in [0.3, 0.4) is 0 Å². The van der Waals surface area contributed by atoms with E-state index < -0.39 is 0 Å². The monoisotopic (exact) mass is 421 g/mol. The van der Waals surface area contributed by atoms with E-state index in [-0.39, 0.29) is 5.91 Å². The van der Waals surface area contributed by atoms with Crippen LogP contribution in [0.25, 0.3) is 0 Å². The minimum absolute atomic E-state index is 0.0577. The average Bonchev–Trinajstić information content (AvgIpc) is 2.80. The normalized spacial score (nSPS) is 17.2. The summed E-state index contributed by atoms with van der Waals surface area (Å²) in [4.78, 5) is 19.1. The number of hydrogen-bond acceptors (Lipinski definition) is 3. The lowest BCUT2D eigenvalue weighted by Gasteiger charge is -2.34. The van der Waals surface area contributed by atoms with Gasteiger partial charge in [0.05, 0.1) is 0 Å². The van der Waals surface area contributed by atoms with Crippen LogP contribution >= 0.6 is 0 Å². The van der Waals surface area contributed by atoms with Crippen molar-refractivity contribution in [3.63, 3.8) is 0 Å². The van der Waals surface area contributed by atoms with Crippen LogP contribution in [-0.2, 0) is 13.0 Å². The molecule has 3 rings (SSSR count). The van der Waals surface area contributed by atoms with Crippen LogP contribution in [0.1, 0.15) is 41.3 Å². The molecular weight excluding hydrogens is 386 g/mol. The fraction of sp³-hybridized carbons (Fsp3) is 0.440. The molecule has 0 spiro atoms. The standard InChI is InChI=1S/C25H35N5O/c1-3-27-25(28-15-14-20-11-7-12-22(17-20)24(31)26-2)29-23-13-8-16-30(19-23)18-21-9-5-4-6-10-21/h4-7,9-12,17,23H,3,8,13-16,18-19H2,1-2H3,(H,26,31)(H2,27,28,29). The Morgan fingerprint density at radius 2 is 1.94 bits per heavy atom. The van der Waals surface area contributed by atoms with E-state index in [0.29, 0.717) is 18.2 Å². The van der Waals surface area contributed by atoms with Crippen molar-refractivity contribution in [1.82, 2.24) is 20.9 Å². The molecule has 1 amide bonds. The number of rotatable bonds is 8. The van der Waals surface area contributed by atoms with Gasteiger partial charge < -0.3 is 16.0 Å². The third-order valence-electron chi connectivity index (χ3n) is 5.53. The first kappa shape index (κ1) is 22.8. The van der Waals surface area contributed by atoms with Gasteiger partial charge in [-0.3, -0.25) is 14.7 Å². The zero-order valence-electron chi connectivity index (χ0n) is 18.7. The molecule has 2 aromatic carbocycles. The smallest absolute Gasteiger partial charge is 0.251 e. The summed E-state index contributed by atoms with van der Waals surface area (Å²) in [6, 6.07) is 18.8. The molecule has 6 nitrogen and oxygen atoms in total. The molecule has 1 heterocycles. The highest BCUT2D eigenvalue weighted by atomic mass is 16.1. The van der Waals surface area contributed by atoms with E-state index in [4.69, 9.17) is 4.99 Å². The van der Waals surface area contributed by atoms with Gasteiger partial charge in [-0.1, -0.05) is 42.5 Å². The van der Waals surface area contributed by atoms with Crippen molar-refractivity contribution in [2.24, 2.45) is 4.99 Å². The van der Waals surface area contributed by atoms with Gasteiger partial charge in [0.2, 0.25) is 0 Å². The molecule has 166 valence electrons. The molecule has 0 radical (unpaired) electrons. The van der Waals surface area contributed by atoms with Crippen molar-refractivity contribution in [1.29, 1.82) is 0 Å². The maximum Gasteiger partial charge on any atom is 0.251 e. The lowest BCUT2D eigenvalue weighted by atomic mass is 10.0. The van der Waals surface area contributed by atoms with E-state index >= 15 is 0 Å². The third-order valence-corrected chi connectivity index (χ3v) is 5.53. The Balaban J connectivity index is 1.53. The number of likely N-dealkylation sites (tertiary alicyclic amines) is 1. The summed E-state index contributed by atoms with van der Waals surface area (Å²) in [6.07, 6.45) is 3.15. The number of piperidine rings is 1. The van der Waals surface area contributed by atoms with Gasteiger partial charge in [-0.25, -0.2) is 0 Å². The quantitative estimate of drug-likeness (QED) is 0.453. The second-order valence-electron chi connectivity index (χ2n) is 7.99. The second-order valence-corrected chi connectivity index (χ2v) is 7.99. The minimum atomic E-state index is -0.0577. The highest BCUT2D eigenvalue weighted by Gasteiger charge is 2.20. The predicted molar refractivity (Wildman–Crippen MR) is 127 cm³/mol. The summed E-state index contributed by atoms with van der Waals surface area (Å²) < 4.78 is 0. The molecule has 1 saturated heterocycles. The molecule has 0 saturated carbocycles. The Bertz CT molecular complexity index is 852. The van der Waals surface area contributed by atoms with Crippen molar-refractivity contribution in [2.45, 2.75) is 38.8 Å². The molecular formula is C25H35N5O. The van der Waals surface area contributed by atoms with Gasteiger partial charge in [-0.2, -0.15) is 0 Å². The van der Waals surface area contributed by atoms with Gasteiger partial charge in [0, 0.05) is 44.8 Å². The van der Waals surface area contributed by atoms with Gasteiger partial charge in [-0.15, -0.1) is 0 Å². The molecule has 2 aromatic rings. The SMILES string of the molecule is CCNC(=NCCc1cccc(C(=O)NC)c1)NC1CCCN(Cc2ccccc2)C1. The zero-order valence-corrected chi connectivity index (χ0v) is 18.7. The molecule has 1 unspecified atom stereocenters. The Hall–Kier alpha value is -2.86. The zero-order chi connectivity index (χ0) is 21.9. The van der Waals surface area contributed by atoms with Gasteiger partial charge in [0.1, 0.15) is 0 Å². The van der Waals surface area contributed by atoms with Crippen LogP contribution in [0.15, 0.2) is 59.6 Å². The number of benzene rings is 2. The molecule has 3 N–H and O–H groups in total. The van der Waals surface area contributed by atoms with Gasteiger partial charge in [0.25, 0.3) is 5.91 Å². The highest BCUT2D eigenvalue weighted by Crippen LogP contribution is 2.14. The molecule has 1 fully saturated rings. The summed E-state index contributed by atoms with van der Waals surface area (Å²) in [5, 5.41) is 9.68. The maximum absolute atomic E-state index is 11.8. The molecule has 0 aliphatic carbocycles. The first-order valence-corrected chi connectivity index (χ1v) is 11.3. The van der Waals surface area contributed by atoms with Crippen LogP contribution in [-0.4, -0.2) is 56.0 Å². The Morgan fingerprint density at radius 3 is 2.71 bits per heavy atom. The average molecular weight is 422 g/mol. The highest BCUT2D eigenvalue weighted by molar-refractivity contribution is 5.94. The fourth-order valence-corrected chi connectivity index (χ4v) is 3.98. The number of nitrogens with zero attached hydrogens (tertiary/aromatic N) is 2. The first-order valence-electron chi connectivity index (χ1n) is 11.3. The van der Waals surface area contributed by atoms with E-state index in [1.54, 1.807) is 7.05 Å². The van der Waals surface area contributed by atoms with Crippen molar-refractivity contribution >= 4 is 11.9 Å². The molecule has 1 aliphatic heterocycles. The molecule has 6 heteroatoms. The van der Waals surface area contributed by atoms with Crippen molar-refractivity contribution < 1.29 is 4.79 Å².